The minimum absolute atomic E-state index is 0.0215. The number of benzene rings is 1. The molecule has 1 saturated carbocycles. The Morgan fingerprint density at radius 3 is 2.69 bits per heavy atom. The first-order chi connectivity index (χ1) is 15.7. The van der Waals surface area contributed by atoms with Gasteiger partial charge in [-0.3, -0.25) is 9.89 Å². The molecule has 1 aromatic carbocycles. The van der Waals surface area contributed by atoms with Crippen LogP contribution in [0.5, 0.6) is 0 Å². The van der Waals surface area contributed by atoms with Gasteiger partial charge in [-0.05, 0) is 12.1 Å². The highest BCUT2D eigenvalue weighted by molar-refractivity contribution is 6.35. The molecule has 0 aliphatic heterocycles. The average Bonchev–Trinajstić information content (AvgIpc) is 3.27. The number of anilines is 1. The molecule has 1 aliphatic rings. The third kappa shape index (κ3) is 3.80. The Morgan fingerprint density at radius 1 is 1.19 bits per heavy atom. The number of hydrogen-bond acceptors (Lipinski definition) is 5. The molecular formula is C21H18ClFN8O. The zero-order valence-electron chi connectivity index (χ0n) is 16.8. The van der Waals surface area contributed by atoms with Gasteiger partial charge in [0, 0.05) is 28.3 Å². The maximum absolute atomic E-state index is 15.2. The van der Waals surface area contributed by atoms with Crippen molar-refractivity contribution in [2.75, 3.05) is 5.32 Å². The minimum atomic E-state index is -0.565. The van der Waals surface area contributed by atoms with E-state index in [1.165, 1.54) is 36.5 Å². The first-order valence-corrected chi connectivity index (χ1v) is 10.4. The summed E-state index contributed by atoms with van der Waals surface area (Å²) in [6.45, 7) is 0.110. The van der Waals surface area contributed by atoms with E-state index < -0.39 is 5.82 Å². The number of aromatic amines is 1. The number of nitrogens with zero attached hydrogens (tertiary/aromatic N) is 6. The molecule has 0 spiro atoms. The summed E-state index contributed by atoms with van der Waals surface area (Å²) < 4.78 is 17.0. The number of fused-ring (bicyclic) bond motifs is 2. The smallest absolute Gasteiger partial charge is 0.212 e. The van der Waals surface area contributed by atoms with Gasteiger partial charge in [-0.1, -0.05) is 30.9 Å². The number of aromatic nitrogens is 7. The molecule has 4 heterocycles. The van der Waals surface area contributed by atoms with Crippen LogP contribution < -0.4 is 5.32 Å². The van der Waals surface area contributed by atoms with Gasteiger partial charge in [0.25, 0.3) is 0 Å². The fourth-order valence-corrected chi connectivity index (χ4v) is 3.67. The largest absolute Gasteiger partial charge is 0.312 e. The predicted octanol–water partition coefficient (Wildman–Crippen LogP) is 4.05. The molecule has 2 N–H and O–H groups in total. The number of nitrogens with one attached hydrogen (secondary N) is 2. The lowest BCUT2D eigenvalue weighted by Gasteiger charge is -2.12. The molecule has 1 aliphatic carbocycles. The Morgan fingerprint density at radius 2 is 1.97 bits per heavy atom. The summed E-state index contributed by atoms with van der Waals surface area (Å²) in [5, 5.41) is 18.1. The van der Waals surface area contributed by atoms with Crippen molar-refractivity contribution >= 4 is 40.4 Å². The van der Waals surface area contributed by atoms with Crippen LogP contribution in [0.15, 0.2) is 43.1 Å². The fraction of sp³-hybridized carbons (Fsp3) is 0.190. The first kappa shape index (κ1) is 20.1. The Bertz CT molecular complexity index is 1400. The average molecular weight is 453 g/mol. The molecule has 0 saturated heterocycles. The van der Waals surface area contributed by atoms with Gasteiger partial charge < -0.3 is 9.72 Å². The van der Waals surface area contributed by atoms with E-state index in [4.69, 9.17) is 11.6 Å². The molecule has 11 heteroatoms. The number of amides is 1. The summed E-state index contributed by atoms with van der Waals surface area (Å²) >= 11 is 6.46. The van der Waals surface area contributed by atoms with Gasteiger partial charge in [0.05, 0.1) is 41.9 Å². The number of carbonyl (C=O) groups is 1. The highest BCUT2D eigenvalue weighted by Crippen LogP contribution is 2.39. The van der Waals surface area contributed by atoms with Gasteiger partial charge in [0.2, 0.25) is 6.41 Å². The van der Waals surface area contributed by atoms with Crippen LogP contribution in [-0.4, -0.2) is 41.0 Å². The molecule has 5 aromatic rings. The maximum Gasteiger partial charge on any atom is 0.212 e. The maximum atomic E-state index is 15.2. The zero-order valence-corrected chi connectivity index (χ0v) is 17.6. The second-order valence-corrected chi connectivity index (χ2v) is 7.71. The molecule has 0 unspecified atom stereocenters. The second kappa shape index (κ2) is 8.39. The Kier molecular flexibility index (Phi) is 5.28. The Balaban J connectivity index is 0.000000666. The third-order valence-corrected chi connectivity index (χ3v) is 5.31. The van der Waals surface area contributed by atoms with Gasteiger partial charge in [-0.2, -0.15) is 20.1 Å². The van der Waals surface area contributed by atoms with Crippen molar-refractivity contribution in [2.45, 2.75) is 25.8 Å². The van der Waals surface area contributed by atoms with Crippen molar-refractivity contribution in [3.05, 3.63) is 59.5 Å². The van der Waals surface area contributed by atoms with Gasteiger partial charge in [0.1, 0.15) is 11.5 Å². The highest BCUT2D eigenvalue weighted by Gasteiger charge is 2.22. The molecule has 32 heavy (non-hydrogen) atoms. The van der Waals surface area contributed by atoms with E-state index >= 15 is 4.39 Å². The molecule has 9 nitrogen and oxygen atoms in total. The predicted molar refractivity (Wildman–Crippen MR) is 118 cm³/mol. The van der Waals surface area contributed by atoms with E-state index in [1.54, 1.807) is 35.1 Å². The lowest BCUT2D eigenvalue weighted by Crippen LogP contribution is -2.07. The van der Waals surface area contributed by atoms with E-state index in [2.05, 4.69) is 30.7 Å². The minimum Gasteiger partial charge on any atom is -0.312 e. The van der Waals surface area contributed by atoms with E-state index in [-0.39, 0.29) is 11.6 Å². The van der Waals surface area contributed by atoms with Crippen molar-refractivity contribution in [3.63, 3.8) is 0 Å². The van der Waals surface area contributed by atoms with Crippen LogP contribution in [-0.2, 0) is 11.3 Å². The lowest BCUT2D eigenvalue weighted by atomic mass is 9.99. The Hall–Kier alpha value is -3.79. The summed E-state index contributed by atoms with van der Waals surface area (Å²) in [6.07, 6.45) is 13.1. The quantitative estimate of drug-likeness (QED) is 0.391. The van der Waals surface area contributed by atoms with Crippen molar-refractivity contribution in [1.29, 1.82) is 0 Å². The van der Waals surface area contributed by atoms with Crippen molar-refractivity contribution in [2.24, 2.45) is 0 Å². The number of imidazole rings is 1. The van der Waals surface area contributed by atoms with Crippen molar-refractivity contribution in [3.8, 4) is 11.1 Å². The summed E-state index contributed by atoms with van der Waals surface area (Å²) in [7, 11) is 0. The summed E-state index contributed by atoms with van der Waals surface area (Å²) in [5.41, 5.74) is 2.65. The molecule has 162 valence electrons. The van der Waals surface area contributed by atoms with E-state index in [1.807, 2.05) is 0 Å². The van der Waals surface area contributed by atoms with Crippen LogP contribution in [0.4, 0.5) is 10.2 Å². The molecule has 0 radical (unpaired) electrons. The zero-order chi connectivity index (χ0) is 22.1. The van der Waals surface area contributed by atoms with Gasteiger partial charge in [0.15, 0.2) is 5.82 Å². The number of pyridine rings is 1. The van der Waals surface area contributed by atoms with Gasteiger partial charge in [-0.25, -0.2) is 9.37 Å². The second-order valence-electron chi connectivity index (χ2n) is 7.33. The van der Waals surface area contributed by atoms with Crippen LogP contribution in [0.2, 0.25) is 5.02 Å². The first-order valence-electron chi connectivity index (χ1n) is 10.0. The van der Waals surface area contributed by atoms with Gasteiger partial charge >= 0.3 is 0 Å². The van der Waals surface area contributed by atoms with Crippen molar-refractivity contribution in [1.82, 2.24) is 34.6 Å². The summed E-state index contributed by atoms with van der Waals surface area (Å²) in [5.74, 6) is -0.158. The fourth-order valence-electron chi connectivity index (χ4n) is 3.34. The third-order valence-electron chi connectivity index (χ3n) is 4.95. The number of carbonyl (C=O) groups excluding carboxylic acids is 1. The number of hydrogen-bond donors (Lipinski definition) is 2. The van der Waals surface area contributed by atoms with Crippen molar-refractivity contribution < 1.29 is 9.18 Å². The van der Waals surface area contributed by atoms with E-state index in [0.29, 0.717) is 45.5 Å². The molecule has 4 aromatic heterocycles. The monoisotopic (exact) mass is 452 g/mol. The SMILES string of the molecule is C1CC1.O=CNc1cn2cc(-c3c(Cl)c(F)c(Cn4nccn4)c4[nH]ncc34)ccc2n1. The number of halogens is 2. The topological polar surface area (TPSA) is 106 Å². The number of rotatable bonds is 5. The van der Waals surface area contributed by atoms with Gasteiger partial charge in [-0.15, -0.1) is 0 Å². The summed E-state index contributed by atoms with van der Waals surface area (Å²) in [6, 6.07) is 3.54. The summed E-state index contributed by atoms with van der Waals surface area (Å²) in [4.78, 5) is 16.3. The molecule has 1 amide bonds. The van der Waals surface area contributed by atoms with Crippen LogP contribution in [0, 0.1) is 5.82 Å². The van der Waals surface area contributed by atoms with Crippen LogP contribution in [0.25, 0.3) is 27.7 Å². The molecule has 0 atom stereocenters. The molecule has 6 rings (SSSR count). The van der Waals surface area contributed by atoms with E-state index in [9.17, 15) is 4.79 Å². The molecular weight excluding hydrogens is 435 g/mol. The van der Waals surface area contributed by atoms with Crippen LogP contribution >= 0.6 is 11.6 Å². The standard InChI is InChI=1S/C18H12ClFN8O.C3H6/c19-16-15(10-1-2-14-25-13(21-9-29)8-27(14)6-10)11-5-22-26-18(11)12(17(16)20)7-28-23-3-4-24-28;1-2-3-1/h1-6,8-9H,7H2,(H,21,29)(H,22,26);1-3H2. The van der Waals surface area contributed by atoms with Crippen LogP contribution in [0.1, 0.15) is 24.8 Å². The molecule has 1 fully saturated rings. The Labute approximate surface area is 186 Å². The van der Waals surface area contributed by atoms with Crippen LogP contribution in [0.3, 0.4) is 0 Å². The van der Waals surface area contributed by atoms with E-state index in [0.717, 1.165) is 0 Å². The number of H-pyrrole nitrogens is 1. The molecule has 0 bridgehead atoms. The highest BCUT2D eigenvalue weighted by atomic mass is 35.5. The lowest BCUT2D eigenvalue weighted by molar-refractivity contribution is -0.105. The normalized spacial score (nSPS) is 12.6.